The van der Waals surface area contributed by atoms with Crippen LogP contribution in [0.25, 0.3) is 0 Å². The number of carbonyl (C=O) groups excluding carboxylic acids is 2. The topological polar surface area (TPSA) is 83.7 Å². The molecular weight excluding hydrogens is 435 g/mol. The molecule has 0 radical (unpaired) electrons. The third-order valence-corrected chi connectivity index (χ3v) is 5.08. The van der Waals surface area contributed by atoms with Crippen LogP contribution in [-0.2, 0) is 29.8 Å². The molecule has 2 aliphatic heterocycles. The minimum absolute atomic E-state index is 0. The monoisotopic (exact) mass is 447 g/mol. The van der Waals surface area contributed by atoms with Gasteiger partial charge in [0, 0.05) is 33.5 Å². The van der Waals surface area contributed by atoms with Gasteiger partial charge in [-0.1, -0.05) is 0 Å². The number of rotatable bonds is 3. The van der Waals surface area contributed by atoms with Gasteiger partial charge in [0.2, 0.25) is 0 Å². The van der Waals surface area contributed by atoms with Crippen LogP contribution in [0.2, 0.25) is 0 Å². The van der Waals surface area contributed by atoms with Gasteiger partial charge in [-0.25, -0.2) is 15.7 Å². The molecule has 0 saturated heterocycles. The number of amides is 1. The first-order chi connectivity index (χ1) is 11.1. The fourth-order valence-electron chi connectivity index (χ4n) is 3.36. The van der Waals surface area contributed by atoms with Crippen LogP contribution < -0.4 is 18.9 Å². The second kappa shape index (κ2) is 7.58. The van der Waals surface area contributed by atoms with Gasteiger partial charge in [-0.3, -0.25) is 4.79 Å². The maximum absolute atomic E-state index is 14.1. The Morgan fingerprint density at radius 2 is 2.12 bits per heavy atom. The van der Waals surface area contributed by atoms with Gasteiger partial charge in [-0.15, -0.1) is 0 Å². The summed E-state index contributed by atoms with van der Waals surface area (Å²) in [4.78, 5) is 29.9. The van der Waals surface area contributed by atoms with Crippen molar-refractivity contribution >= 4 is 34.8 Å². The van der Waals surface area contributed by atoms with Crippen LogP contribution in [0, 0.1) is 9.39 Å². The first-order valence-corrected chi connectivity index (χ1v) is 8.38. The Balaban J connectivity index is 0.00000113. The van der Waals surface area contributed by atoms with Crippen LogP contribution in [0.15, 0.2) is 18.5 Å². The maximum Gasteiger partial charge on any atom is 1.00 e. The molecule has 0 fully saturated rings. The Kier molecular flexibility index (Phi) is 6.09. The zero-order chi connectivity index (χ0) is 16.1. The van der Waals surface area contributed by atoms with Gasteiger partial charge in [-0.05, 0) is 53.6 Å². The molecule has 2 aromatic rings. The third-order valence-electron chi connectivity index (χ3n) is 4.45. The Labute approximate surface area is 169 Å². The predicted octanol–water partition coefficient (Wildman–Crippen LogP) is -0.735. The summed E-state index contributed by atoms with van der Waals surface area (Å²) >= 11 is 1.97. The maximum atomic E-state index is 14.1. The average Bonchev–Trinajstić information content (AvgIpc) is 3.18. The zero-order valence-electron chi connectivity index (χ0n) is 13.5. The largest absolute Gasteiger partial charge is 2.00 e. The fourth-order valence-corrected chi connectivity index (χ4v) is 3.95. The van der Waals surface area contributed by atoms with Crippen molar-refractivity contribution in [2.75, 3.05) is 0 Å². The van der Waals surface area contributed by atoms with Crippen molar-refractivity contribution in [1.29, 1.82) is 0 Å². The predicted molar refractivity (Wildman–Crippen MR) is 88.7 cm³/mol. The standard InChI is InChI=1S/C16H12FIN3O2.Li.O/c17-12-5-9(18)4-10-11(12)6-21(16(10)23)14(7-22)15-13-2-1-3-20(13)8-19-15;;/h4-5,8,14H,1-3,6H2;;/q-1;+1;-2. The first kappa shape index (κ1) is 20.1. The molecule has 0 spiro atoms. The SMILES string of the molecule is O=[C-]C(c1ncn2c1CCC2)N1Cc2c(F)cc(I)cc2C1=O.[Li+].[O-2]. The Morgan fingerprint density at radius 1 is 1.36 bits per heavy atom. The van der Waals surface area contributed by atoms with E-state index in [9.17, 15) is 14.0 Å². The molecule has 1 amide bonds. The summed E-state index contributed by atoms with van der Waals surface area (Å²) in [5, 5.41) is 0. The van der Waals surface area contributed by atoms with E-state index in [-0.39, 0.29) is 36.8 Å². The zero-order valence-corrected chi connectivity index (χ0v) is 15.6. The molecule has 3 heterocycles. The summed E-state index contributed by atoms with van der Waals surface area (Å²) < 4.78 is 16.8. The van der Waals surface area contributed by atoms with E-state index in [1.807, 2.05) is 33.4 Å². The van der Waals surface area contributed by atoms with Gasteiger partial charge in [0.15, 0.2) is 0 Å². The molecule has 1 aromatic heterocycles. The van der Waals surface area contributed by atoms with Gasteiger partial charge in [-0.2, -0.15) is 0 Å². The molecule has 0 N–H and O–H groups in total. The number of aryl methyl sites for hydroxylation is 1. The van der Waals surface area contributed by atoms with Crippen molar-refractivity contribution < 1.29 is 38.3 Å². The van der Waals surface area contributed by atoms with Crippen molar-refractivity contribution in [3.63, 3.8) is 0 Å². The molecule has 126 valence electrons. The molecule has 6 nitrogen and oxygen atoms in total. The van der Waals surface area contributed by atoms with Crippen LogP contribution in [0.3, 0.4) is 0 Å². The summed E-state index contributed by atoms with van der Waals surface area (Å²) in [6.45, 7) is 0.942. The molecule has 1 unspecified atom stereocenters. The number of hydrogen-bond acceptors (Lipinski definition) is 3. The van der Waals surface area contributed by atoms with Crippen LogP contribution >= 0.6 is 22.6 Å². The van der Waals surface area contributed by atoms with Crippen molar-refractivity contribution in [1.82, 2.24) is 14.5 Å². The molecule has 2 aliphatic rings. The van der Waals surface area contributed by atoms with Crippen LogP contribution in [0.1, 0.15) is 39.8 Å². The van der Waals surface area contributed by atoms with E-state index in [2.05, 4.69) is 4.98 Å². The number of imidazole rings is 1. The molecule has 0 saturated carbocycles. The molecule has 0 aliphatic carbocycles. The van der Waals surface area contributed by atoms with Crippen molar-refractivity contribution in [3.8, 4) is 0 Å². The second-order valence-corrected chi connectivity index (χ2v) is 6.99. The van der Waals surface area contributed by atoms with E-state index in [1.54, 1.807) is 12.4 Å². The normalized spacial score (nSPS) is 15.9. The number of fused-ring (bicyclic) bond motifs is 2. The van der Waals surface area contributed by atoms with E-state index in [0.29, 0.717) is 20.4 Å². The van der Waals surface area contributed by atoms with Gasteiger partial charge < -0.3 is 19.7 Å². The molecular formula is C16H12FILiN3O3-2. The first-order valence-electron chi connectivity index (χ1n) is 7.30. The number of hydrogen-bond donors (Lipinski definition) is 0. The summed E-state index contributed by atoms with van der Waals surface area (Å²) in [6, 6.07) is 2.16. The molecule has 1 atom stereocenters. The van der Waals surface area contributed by atoms with Crippen molar-refractivity contribution in [3.05, 3.63) is 50.4 Å². The van der Waals surface area contributed by atoms with Gasteiger partial charge in [0.25, 0.3) is 5.91 Å². The van der Waals surface area contributed by atoms with Crippen LogP contribution in [0.4, 0.5) is 4.39 Å². The van der Waals surface area contributed by atoms with Crippen LogP contribution in [0.5, 0.6) is 0 Å². The van der Waals surface area contributed by atoms with Gasteiger partial charge in [0.05, 0.1) is 12.0 Å². The molecule has 9 heteroatoms. The minimum Gasteiger partial charge on any atom is -2.00 e. The molecule has 25 heavy (non-hydrogen) atoms. The van der Waals surface area contributed by atoms with Crippen molar-refractivity contribution in [2.45, 2.75) is 32.0 Å². The smallest absolute Gasteiger partial charge is 1.00 e. The minimum atomic E-state index is -0.888. The van der Waals surface area contributed by atoms with Crippen LogP contribution in [-0.4, -0.2) is 26.6 Å². The summed E-state index contributed by atoms with van der Waals surface area (Å²) in [7, 11) is 0. The number of carbonyl (C=O) groups is 1. The summed E-state index contributed by atoms with van der Waals surface area (Å²) in [5.74, 6) is -0.756. The van der Waals surface area contributed by atoms with Gasteiger partial charge in [0.1, 0.15) is 5.82 Å². The molecule has 4 rings (SSSR count). The number of nitrogens with zero attached hydrogens (tertiary/aromatic N) is 3. The van der Waals surface area contributed by atoms with Gasteiger partial charge >= 0.3 is 18.9 Å². The van der Waals surface area contributed by atoms with E-state index >= 15 is 0 Å². The summed E-state index contributed by atoms with van der Waals surface area (Å²) in [5.41, 5.74) is 2.20. The number of halogens is 2. The Bertz CT molecular complexity index is 842. The summed E-state index contributed by atoms with van der Waals surface area (Å²) in [6.07, 6.45) is 5.45. The molecule has 0 bridgehead atoms. The van der Waals surface area contributed by atoms with Crippen molar-refractivity contribution in [2.24, 2.45) is 0 Å². The molecule has 1 aromatic carbocycles. The second-order valence-electron chi connectivity index (χ2n) is 5.74. The number of aromatic nitrogens is 2. The Hall–Kier alpha value is -1.21. The van der Waals surface area contributed by atoms with E-state index in [1.165, 1.54) is 11.0 Å². The van der Waals surface area contributed by atoms with E-state index < -0.39 is 11.9 Å². The Morgan fingerprint density at radius 3 is 2.84 bits per heavy atom. The average molecular weight is 447 g/mol. The van der Waals surface area contributed by atoms with E-state index in [4.69, 9.17) is 0 Å². The quantitative estimate of drug-likeness (QED) is 0.354. The van der Waals surface area contributed by atoms with E-state index in [0.717, 1.165) is 25.1 Å². The third kappa shape index (κ3) is 3.16. The number of benzene rings is 1. The fraction of sp³-hybridized carbons (Fsp3) is 0.312.